The maximum Gasteiger partial charge on any atom is 0.0378 e. The van der Waals surface area contributed by atoms with Crippen LogP contribution in [0.3, 0.4) is 0 Å². The van der Waals surface area contributed by atoms with Crippen LogP contribution in [0.2, 0.25) is 0 Å². The minimum atomic E-state index is 0.221. The highest BCUT2D eigenvalue weighted by molar-refractivity contribution is 6.00. The predicted octanol–water partition coefficient (Wildman–Crippen LogP) is 3.85. The van der Waals surface area contributed by atoms with Gasteiger partial charge in [-0.2, -0.15) is 0 Å². The van der Waals surface area contributed by atoms with Crippen molar-refractivity contribution in [2.24, 2.45) is 10.4 Å². The van der Waals surface area contributed by atoms with Gasteiger partial charge in [-0.3, -0.25) is 4.99 Å². The van der Waals surface area contributed by atoms with E-state index in [0.717, 1.165) is 6.42 Å². The van der Waals surface area contributed by atoms with Crippen molar-refractivity contribution >= 4 is 5.71 Å². The third-order valence-corrected chi connectivity index (χ3v) is 2.16. The molecule has 0 N–H and O–H groups in total. The van der Waals surface area contributed by atoms with E-state index in [1.54, 1.807) is 0 Å². The molecule has 0 amide bonds. The monoisotopic (exact) mass is 181 g/mol. The zero-order chi connectivity index (χ0) is 10.5. The van der Waals surface area contributed by atoms with Gasteiger partial charge in [0.25, 0.3) is 0 Å². The summed E-state index contributed by atoms with van der Waals surface area (Å²) in [7, 11) is 1.89. The summed E-state index contributed by atoms with van der Waals surface area (Å²) in [5, 5.41) is 0. The second kappa shape index (κ2) is 5.21. The van der Waals surface area contributed by atoms with Crippen LogP contribution in [0.5, 0.6) is 0 Å². The Kier molecular flexibility index (Phi) is 4.97. The van der Waals surface area contributed by atoms with E-state index >= 15 is 0 Å². The summed E-state index contributed by atoms with van der Waals surface area (Å²) in [6.45, 7) is 11.0. The van der Waals surface area contributed by atoms with Crippen molar-refractivity contribution in [1.29, 1.82) is 0 Å². The van der Waals surface area contributed by atoms with Crippen molar-refractivity contribution in [3.05, 3.63) is 11.6 Å². The van der Waals surface area contributed by atoms with E-state index in [1.807, 2.05) is 7.05 Å². The van der Waals surface area contributed by atoms with Gasteiger partial charge < -0.3 is 0 Å². The lowest BCUT2D eigenvalue weighted by Gasteiger charge is -2.24. The quantitative estimate of drug-likeness (QED) is 0.586. The first kappa shape index (κ1) is 12.4. The third kappa shape index (κ3) is 3.75. The largest absolute Gasteiger partial charge is 0.293 e. The lowest BCUT2D eigenvalue weighted by atomic mass is 9.82. The molecule has 0 unspecified atom stereocenters. The van der Waals surface area contributed by atoms with Gasteiger partial charge in [-0.25, -0.2) is 0 Å². The van der Waals surface area contributed by atoms with Gasteiger partial charge in [0.05, 0.1) is 0 Å². The molecule has 13 heavy (non-hydrogen) atoms. The fourth-order valence-electron chi connectivity index (χ4n) is 1.64. The summed E-state index contributed by atoms with van der Waals surface area (Å²) >= 11 is 0. The molecule has 0 aromatic carbocycles. The van der Waals surface area contributed by atoms with Crippen molar-refractivity contribution in [2.75, 3.05) is 7.05 Å². The van der Waals surface area contributed by atoms with Gasteiger partial charge in [-0.1, -0.05) is 40.2 Å². The molecular formula is C12H23N. The maximum atomic E-state index is 4.36. The number of hydrogen-bond donors (Lipinski definition) is 0. The van der Waals surface area contributed by atoms with Gasteiger partial charge >= 0.3 is 0 Å². The first-order valence-corrected chi connectivity index (χ1v) is 5.10. The van der Waals surface area contributed by atoms with Crippen LogP contribution in [0.1, 0.15) is 47.5 Å². The second-order valence-electron chi connectivity index (χ2n) is 4.37. The number of nitrogens with zero attached hydrogens (tertiary/aromatic N) is 1. The Morgan fingerprint density at radius 1 is 1.31 bits per heavy atom. The fraction of sp³-hybridized carbons (Fsp3) is 0.750. The molecule has 0 saturated carbocycles. The second-order valence-corrected chi connectivity index (χ2v) is 4.37. The molecule has 0 aliphatic heterocycles. The standard InChI is InChI=1S/C12H23N/c1-7-9-11(13-6)10(8-2)12(3,4)5/h8H,7,9H2,1-6H3/b10-8+,13-11-. The Morgan fingerprint density at radius 2 is 1.85 bits per heavy atom. The van der Waals surface area contributed by atoms with Gasteiger partial charge in [0.2, 0.25) is 0 Å². The van der Waals surface area contributed by atoms with E-state index in [4.69, 9.17) is 0 Å². The topological polar surface area (TPSA) is 12.4 Å². The van der Waals surface area contributed by atoms with Crippen molar-refractivity contribution < 1.29 is 0 Å². The van der Waals surface area contributed by atoms with Crippen molar-refractivity contribution in [3.63, 3.8) is 0 Å². The molecule has 0 aromatic rings. The number of rotatable bonds is 3. The summed E-state index contributed by atoms with van der Waals surface area (Å²) in [6, 6.07) is 0. The van der Waals surface area contributed by atoms with Crippen LogP contribution in [0.4, 0.5) is 0 Å². The summed E-state index contributed by atoms with van der Waals surface area (Å²) in [4.78, 5) is 4.36. The van der Waals surface area contributed by atoms with Gasteiger partial charge in [0, 0.05) is 12.8 Å². The van der Waals surface area contributed by atoms with Crippen LogP contribution in [0.25, 0.3) is 0 Å². The molecule has 0 saturated heterocycles. The zero-order valence-corrected chi connectivity index (χ0v) is 9.94. The molecule has 0 fully saturated rings. The normalized spacial score (nSPS) is 14.9. The molecule has 0 rings (SSSR count). The molecule has 1 heteroatoms. The molecular weight excluding hydrogens is 158 g/mol. The molecule has 0 aliphatic rings. The minimum Gasteiger partial charge on any atom is -0.293 e. The number of allylic oxidation sites excluding steroid dienone is 2. The summed E-state index contributed by atoms with van der Waals surface area (Å²) in [6.07, 6.45) is 4.45. The molecule has 0 spiro atoms. The SMILES string of the molecule is C/C=C(\C(CCC)=N/C)C(C)(C)C. The number of hydrogen-bond acceptors (Lipinski definition) is 1. The van der Waals surface area contributed by atoms with E-state index in [1.165, 1.54) is 17.7 Å². The van der Waals surface area contributed by atoms with Crippen molar-refractivity contribution in [2.45, 2.75) is 47.5 Å². The highest BCUT2D eigenvalue weighted by Gasteiger charge is 2.19. The van der Waals surface area contributed by atoms with E-state index in [2.05, 4.69) is 45.7 Å². The summed E-state index contributed by atoms with van der Waals surface area (Å²) in [5.74, 6) is 0. The Hall–Kier alpha value is -0.590. The lowest BCUT2D eigenvalue weighted by Crippen LogP contribution is -2.17. The highest BCUT2D eigenvalue weighted by Crippen LogP contribution is 2.27. The highest BCUT2D eigenvalue weighted by atomic mass is 14.7. The van der Waals surface area contributed by atoms with Gasteiger partial charge in [-0.15, -0.1) is 0 Å². The molecule has 0 radical (unpaired) electrons. The Balaban J connectivity index is 4.78. The van der Waals surface area contributed by atoms with Crippen LogP contribution in [-0.2, 0) is 0 Å². The first-order valence-electron chi connectivity index (χ1n) is 5.10. The maximum absolute atomic E-state index is 4.36. The summed E-state index contributed by atoms with van der Waals surface area (Å²) in [5.41, 5.74) is 2.87. The molecule has 0 atom stereocenters. The predicted molar refractivity (Wildman–Crippen MR) is 61.5 cm³/mol. The van der Waals surface area contributed by atoms with E-state index in [-0.39, 0.29) is 5.41 Å². The molecule has 1 nitrogen and oxygen atoms in total. The lowest BCUT2D eigenvalue weighted by molar-refractivity contribution is 0.521. The molecule has 0 aliphatic carbocycles. The molecule has 0 heterocycles. The van der Waals surface area contributed by atoms with Crippen LogP contribution in [0.15, 0.2) is 16.6 Å². The molecule has 0 bridgehead atoms. The fourth-order valence-corrected chi connectivity index (χ4v) is 1.64. The van der Waals surface area contributed by atoms with Crippen LogP contribution in [-0.4, -0.2) is 12.8 Å². The zero-order valence-electron chi connectivity index (χ0n) is 9.94. The summed E-state index contributed by atoms with van der Waals surface area (Å²) < 4.78 is 0. The third-order valence-electron chi connectivity index (χ3n) is 2.16. The van der Waals surface area contributed by atoms with Gasteiger partial charge in [-0.05, 0) is 24.3 Å². The average molecular weight is 181 g/mol. The van der Waals surface area contributed by atoms with Crippen molar-refractivity contribution in [1.82, 2.24) is 0 Å². The minimum absolute atomic E-state index is 0.221. The van der Waals surface area contributed by atoms with Gasteiger partial charge in [0.1, 0.15) is 0 Å². The van der Waals surface area contributed by atoms with Crippen LogP contribution >= 0.6 is 0 Å². The van der Waals surface area contributed by atoms with Crippen molar-refractivity contribution in [3.8, 4) is 0 Å². The number of aliphatic imine (C=N–C) groups is 1. The van der Waals surface area contributed by atoms with E-state index in [9.17, 15) is 0 Å². The molecule has 76 valence electrons. The Morgan fingerprint density at radius 3 is 2.08 bits per heavy atom. The average Bonchev–Trinajstić information content (AvgIpc) is 2.01. The van der Waals surface area contributed by atoms with Crippen LogP contribution in [0, 0.1) is 5.41 Å². The first-order chi connectivity index (χ1) is 5.97. The van der Waals surface area contributed by atoms with Crippen LogP contribution < -0.4 is 0 Å². The van der Waals surface area contributed by atoms with E-state index < -0.39 is 0 Å². The smallest absolute Gasteiger partial charge is 0.0378 e. The molecule has 0 aromatic heterocycles. The Bertz CT molecular complexity index is 204. The van der Waals surface area contributed by atoms with Gasteiger partial charge in [0.15, 0.2) is 0 Å². The van der Waals surface area contributed by atoms with E-state index in [0.29, 0.717) is 0 Å². The Labute approximate surface area is 83.0 Å².